The van der Waals surface area contributed by atoms with Crippen LogP contribution in [0.4, 0.5) is 0 Å². The molecule has 1 saturated carbocycles. The summed E-state index contributed by atoms with van der Waals surface area (Å²) in [5, 5.41) is 0. The number of carbonyl (C=O) groups excluding carboxylic acids is 3. The van der Waals surface area contributed by atoms with E-state index in [1.807, 2.05) is 19.9 Å². The Morgan fingerprint density at radius 2 is 1.85 bits per heavy atom. The molecule has 1 fully saturated rings. The van der Waals surface area contributed by atoms with E-state index < -0.39 is 5.97 Å². The van der Waals surface area contributed by atoms with Crippen LogP contribution in [0.5, 0.6) is 0 Å². The zero-order valence-electron chi connectivity index (χ0n) is 15.8. The van der Waals surface area contributed by atoms with Gasteiger partial charge < -0.3 is 9.30 Å². The molecule has 1 heterocycles. The Morgan fingerprint density at radius 3 is 2.52 bits per heavy atom. The number of nitrogens with zero attached hydrogens (tertiary/aromatic N) is 1. The van der Waals surface area contributed by atoms with Gasteiger partial charge in [-0.1, -0.05) is 12.1 Å². The fourth-order valence-corrected chi connectivity index (χ4v) is 4.02. The van der Waals surface area contributed by atoms with Crippen molar-refractivity contribution in [1.82, 2.24) is 4.57 Å². The summed E-state index contributed by atoms with van der Waals surface area (Å²) in [4.78, 5) is 36.9. The number of esters is 1. The van der Waals surface area contributed by atoms with Gasteiger partial charge in [-0.05, 0) is 51.8 Å². The van der Waals surface area contributed by atoms with Crippen LogP contribution in [0.15, 0.2) is 35.2 Å². The van der Waals surface area contributed by atoms with E-state index in [2.05, 4.69) is 4.57 Å². The number of Topliss-reactive ketones (excluding diaryl/α,β-unsaturated/α-hetero) is 2. The van der Waals surface area contributed by atoms with E-state index in [0.29, 0.717) is 22.1 Å². The summed E-state index contributed by atoms with van der Waals surface area (Å²) in [6, 6.07) is 9.33. The first-order chi connectivity index (χ1) is 12.9. The highest BCUT2D eigenvalue weighted by atomic mass is 32.2. The zero-order valence-corrected chi connectivity index (χ0v) is 16.6. The minimum absolute atomic E-state index is 0.0318. The van der Waals surface area contributed by atoms with Crippen LogP contribution in [0, 0.1) is 13.8 Å². The van der Waals surface area contributed by atoms with E-state index in [0.717, 1.165) is 24.2 Å². The van der Waals surface area contributed by atoms with Crippen molar-refractivity contribution in [3.05, 3.63) is 52.8 Å². The number of hydrogen-bond donors (Lipinski definition) is 0. The summed E-state index contributed by atoms with van der Waals surface area (Å²) in [5.41, 5.74) is 3.00. The van der Waals surface area contributed by atoms with Crippen LogP contribution < -0.4 is 0 Å². The summed E-state index contributed by atoms with van der Waals surface area (Å²) < 4.78 is 7.47. The van der Waals surface area contributed by atoms with Crippen molar-refractivity contribution >= 4 is 29.3 Å². The Bertz CT molecular complexity index is 896. The molecule has 0 N–H and O–H groups in total. The molecule has 142 valence electrons. The Balaban J connectivity index is 1.67. The van der Waals surface area contributed by atoms with Crippen LogP contribution in [0.3, 0.4) is 0 Å². The first-order valence-electron chi connectivity index (χ1n) is 8.98. The van der Waals surface area contributed by atoms with Gasteiger partial charge in [0.15, 0.2) is 6.61 Å². The Kier molecular flexibility index (Phi) is 5.85. The maximum Gasteiger partial charge on any atom is 0.339 e. The summed E-state index contributed by atoms with van der Waals surface area (Å²) >= 11 is 1.29. The molecule has 0 unspecified atom stereocenters. The van der Waals surface area contributed by atoms with Gasteiger partial charge in [0.05, 0.1) is 11.3 Å². The molecular weight excluding hydrogens is 362 g/mol. The van der Waals surface area contributed by atoms with Crippen LogP contribution in [0.25, 0.3) is 0 Å². The number of thioether (sulfide) groups is 1. The largest absolute Gasteiger partial charge is 0.454 e. The van der Waals surface area contributed by atoms with Gasteiger partial charge in [0.25, 0.3) is 0 Å². The van der Waals surface area contributed by atoms with Crippen molar-refractivity contribution in [1.29, 1.82) is 0 Å². The molecule has 0 bridgehead atoms. The Labute approximate surface area is 163 Å². The average molecular weight is 385 g/mol. The standard InChI is InChI=1S/C21H23NO4S/c1-13-10-18(15(3)22(13)16-8-9-16)19(24)11-26-21(25)17-6-4-5-7-20(17)27-12-14(2)23/h4-7,10,16H,8-9,11-12H2,1-3H3. The lowest BCUT2D eigenvalue weighted by Gasteiger charge is -2.09. The predicted octanol–water partition coefficient (Wildman–Crippen LogP) is 4.16. The van der Waals surface area contributed by atoms with Crippen LogP contribution in [0.1, 0.15) is 57.9 Å². The number of rotatable bonds is 8. The second-order valence-electron chi connectivity index (χ2n) is 6.87. The molecular formula is C21H23NO4S. The number of aryl methyl sites for hydroxylation is 1. The first-order valence-corrected chi connectivity index (χ1v) is 9.97. The van der Waals surface area contributed by atoms with Gasteiger partial charge in [0.1, 0.15) is 5.78 Å². The van der Waals surface area contributed by atoms with Gasteiger partial charge in [-0.3, -0.25) is 9.59 Å². The molecule has 2 aromatic rings. The number of hydrogen-bond acceptors (Lipinski definition) is 5. The highest BCUT2D eigenvalue weighted by Gasteiger charge is 2.28. The lowest BCUT2D eigenvalue weighted by molar-refractivity contribution is -0.114. The summed E-state index contributed by atoms with van der Waals surface area (Å²) in [5.74, 6) is -0.427. The zero-order chi connectivity index (χ0) is 19.6. The topological polar surface area (TPSA) is 65.4 Å². The van der Waals surface area contributed by atoms with Crippen LogP contribution in [-0.2, 0) is 9.53 Å². The van der Waals surface area contributed by atoms with Crippen molar-refractivity contribution in [2.24, 2.45) is 0 Å². The predicted molar refractivity (Wildman–Crippen MR) is 105 cm³/mol. The third-order valence-corrected chi connectivity index (χ3v) is 5.79. The fraction of sp³-hybridized carbons (Fsp3) is 0.381. The van der Waals surface area contributed by atoms with Crippen molar-refractivity contribution in [2.45, 2.75) is 44.6 Å². The molecule has 5 nitrogen and oxygen atoms in total. The molecule has 6 heteroatoms. The molecule has 0 spiro atoms. The Hall–Kier alpha value is -2.34. The summed E-state index contributed by atoms with van der Waals surface area (Å²) in [6.45, 7) is 5.15. The molecule has 0 radical (unpaired) electrons. The smallest absolute Gasteiger partial charge is 0.339 e. The highest BCUT2D eigenvalue weighted by molar-refractivity contribution is 8.00. The third kappa shape index (κ3) is 4.50. The first kappa shape index (κ1) is 19.4. The number of carbonyl (C=O) groups is 3. The van der Waals surface area contributed by atoms with Gasteiger partial charge in [-0.25, -0.2) is 4.79 Å². The number of aromatic nitrogens is 1. The molecule has 1 aliphatic rings. The van der Waals surface area contributed by atoms with Gasteiger partial charge >= 0.3 is 5.97 Å². The summed E-state index contributed by atoms with van der Waals surface area (Å²) in [7, 11) is 0. The van der Waals surface area contributed by atoms with E-state index in [1.54, 1.807) is 24.3 Å². The lowest BCUT2D eigenvalue weighted by atomic mass is 10.1. The number of benzene rings is 1. The van der Waals surface area contributed by atoms with Crippen molar-refractivity contribution < 1.29 is 19.1 Å². The van der Waals surface area contributed by atoms with E-state index >= 15 is 0 Å². The number of ketones is 2. The van der Waals surface area contributed by atoms with Gasteiger partial charge in [-0.15, -0.1) is 11.8 Å². The third-order valence-electron chi connectivity index (χ3n) is 4.57. The molecule has 1 aromatic carbocycles. The molecule has 1 aromatic heterocycles. The van der Waals surface area contributed by atoms with Gasteiger partial charge in [0, 0.05) is 27.9 Å². The van der Waals surface area contributed by atoms with Gasteiger partial charge in [0.2, 0.25) is 5.78 Å². The second-order valence-corrected chi connectivity index (χ2v) is 7.89. The van der Waals surface area contributed by atoms with Crippen molar-refractivity contribution in [3.8, 4) is 0 Å². The lowest BCUT2D eigenvalue weighted by Crippen LogP contribution is -2.15. The van der Waals surface area contributed by atoms with Crippen molar-refractivity contribution in [2.75, 3.05) is 12.4 Å². The van der Waals surface area contributed by atoms with E-state index in [4.69, 9.17) is 4.74 Å². The molecule has 27 heavy (non-hydrogen) atoms. The fourth-order valence-electron chi connectivity index (χ4n) is 3.18. The van der Waals surface area contributed by atoms with E-state index in [9.17, 15) is 14.4 Å². The minimum Gasteiger partial charge on any atom is -0.454 e. The molecule has 0 amide bonds. The van der Waals surface area contributed by atoms with Crippen LogP contribution >= 0.6 is 11.8 Å². The Morgan fingerprint density at radius 1 is 1.15 bits per heavy atom. The second kappa shape index (κ2) is 8.13. The quantitative estimate of drug-likeness (QED) is 0.388. The van der Waals surface area contributed by atoms with Crippen molar-refractivity contribution in [3.63, 3.8) is 0 Å². The summed E-state index contributed by atoms with van der Waals surface area (Å²) in [6.07, 6.45) is 2.29. The van der Waals surface area contributed by atoms with Crippen LogP contribution in [-0.4, -0.2) is 34.5 Å². The molecule has 0 aliphatic heterocycles. The maximum absolute atomic E-state index is 12.6. The maximum atomic E-state index is 12.6. The van der Waals surface area contributed by atoms with E-state index in [-0.39, 0.29) is 23.9 Å². The molecule has 0 atom stereocenters. The molecule has 0 saturated heterocycles. The monoisotopic (exact) mass is 385 g/mol. The average Bonchev–Trinajstić information content (AvgIpc) is 3.42. The van der Waals surface area contributed by atoms with Crippen LogP contribution in [0.2, 0.25) is 0 Å². The minimum atomic E-state index is -0.550. The highest BCUT2D eigenvalue weighted by Crippen LogP contribution is 2.38. The number of ether oxygens (including phenoxy) is 1. The van der Waals surface area contributed by atoms with E-state index in [1.165, 1.54) is 18.7 Å². The normalized spacial score (nSPS) is 13.4. The molecule has 3 rings (SSSR count). The molecule has 1 aliphatic carbocycles. The van der Waals surface area contributed by atoms with Gasteiger partial charge in [-0.2, -0.15) is 0 Å². The SMILES string of the molecule is CC(=O)CSc1ccccc1C(=O)OCC(=O)c1cc(C)n(C2CC2)c1C.